The molecule has 13 heteroatoms. The van der Waals surface area contributed by atoms with Gasteiger partial charge in [0.25, 0.3) is 11.4 Å². The maximum atomic E-state index is 13.5. The molecule has 2 N–H and O–H groups in total. The van der Waals surface area contributed by atoms with E-state index in [-0.39, 0.29) is 29.2 Å². The molecule has 3 aromatic heterocycles. The predicted octanol–water partition coefficient (Wildman–Crippen LogP) is 3.78. The maximum Gasteiger partial charge on any atom is 0.411 e. The van der Waals surface area contributed by atoms with E-state index in [9.17, 15) is 19.2 Å². The Balaban J connectivity index is 1.58. The molecule has 0 spiro atoms. The summed E-state index contributed by atoms with van der Waals surface area (Å²) >= 11 is 0. The first kappa shape index (κ1) is 31.7. The van der Waals surface area contributed by atoms with E-state index in [1.54, 1.807) is 50.4 Å². The summed E-state index contributed by atoms with van der Waals surface area (Å²) in [5.41, 5.74) is 0.708. The van der Waals surface area contributed by atoms with Crippen LogP contribution in [0.15, 0.2) is 64.1 Å². The van der Waals surface area contributed by atoms with E-state index in [1.165, 1.54) is 6.20 Å². The van der Waals surface area contributed by atoms with Crippen LogP contribution in [-0.4, -0.2) is 55.7 Å². The third-order valence-electron chi connectivity index (χ3n) is 7.11. The number of carbonyl (C=O) groups excluding carboxylic acids is 3. The van der Waals surface area contributed by atoms with Crippen molar-refractivity contribution in [2.75, 3.05) is 12.4 Å². The lowest BCUT2D eigenvalue weighted by Gasteiger charge is -2.21. The van der Waals surface area contributed by atoms with E-state index in [1.807, 2.05) is 32.9 Å². The second-order valence-electron chi connectivity index (χ2n) is 11.0. The van der Waals surface area contributed by atoms with Crippen molar-refractivity contribution in [1.29, 1.82) is 0 Å². The minimum atomic E-state index is -1.04. The van der Waals surface area contributed by atoms with E-state index in [4.69, 9.17) is 4.42 Å². The predicted molar refractivity (Wildman–Crippen MR) is 161 cm³/mol. The van der Waals surface area contributed by atoms with Gasteiger partial charge in [0, 0.05) is 11.8 Å². The topological polar surface area (TPSA) is 171 Å². The van der Waals surface area contributed by atoms with Crippen LogP contribution < -0.4 is 16.2 Å². The Bertz CT molecular complexity index is 1690. The van der Waals surface area contributed by atoms with Crippen LogP contribution in [-0.2, 0) is 27.9 Å². The molecule has 0 aliphatic rings. The number of aromatic nitrogens is 5. The van der Waals surface area contributed by atoms with Gasteiger partial charge >= 0.3 is 6.09 Å². The molecular weight excluding hydrogens is 566 g/mol. The highest BCUT2D eigenvalue weighted by Crippen LogP contribution is 2.29. The molecule has 13 nitrogen and oxygen atoms in total. The highest BCUT2D eigenvalue weighted by atomic mass is 16.5. The molecule has 1 atom stereocenters. The van der Waals surface area contributed by atoms with Gasteiger partial charge in [-0.2, -0.15) is 0 Å². The molecule has 2 amide bonds. The molecule has 3 heterocycles. The van der Waals surface area contributed by atoms with Gasteiger partial charge < -0.3 is 14.5 Å². The van der Waals surface area contributed by atoms with Crippen molar-refractivity contribution in [3.63, 3.8) is 0 Å². The Labute approximate surface area is 254 Å². The zero-order chi connectivity index (χ0) is 32.0. The summed E-state index contributed by atoms with van der Waals surface area (Å²) in [6.45, 7) is 8.79. The molecule has 0 fully saturated rings. The average Bonchev–Trinajstić information content (AvgIpc) is 3.53. The number of nitrogens with one attached hydrogen (secondary N) is 2. The summed E-state index contributed by atoms with van der Waals surface area (Å²) in [5.74, 6) is -1.45. The summed E-state index contributed by atoms with van der Waals surface area (Å²) in [6.07, 6.45) is 2.96. The SMILES string of the molecule is CCc1ccc(C(C)(C)c2nnc(C(=O)[C@H](NC(=O)Cn3c(-c4ccccc4)ncc(NC(=O)OC)c3=O)C(C)C)o2)nc1. The first-order valence-electron chi connectivity index (χ1n) is 14.1. The summed E-state index contributed by atoms with van der Waals surface area (Å²) in [7, 11) is 1.16. The smallest absolute Gasteiger partial charge is 0.411 e. The number of carbonyl (C=O) groups is 3. The van der Waals surface area contributed by atoms with Gasteiger partial charge in [-0.15, -0.1) is 10.2 Å². The van der Waals surface area contributed by atoms with Gasteiger partial charge in [0.05, 0.1) is 30.5 Å². The van der Waals surface area contributed by atoms with Crippen LogP contribution in [0.5, 0.6) is 0 Å². The number of Topliss-reactive ketones (excluding diaryl/α,β-unsaturated/α-hetero) is 1. The van der Waals surface area contributed by atoms with Crippen molar-refractivity contribution < 1.29 is 23.5 Å². The van der Waals surface area contributed by atoms with E-state index in [2.05, 4.69) is 35.5 Å². The fraction of sp³-hybridized carbons (Fsp3) is 0.355. The minimum absolute atomic E-state index is 0.180. The Morgan fingerprint density at radius 1 is 1.02 bits per heavy atom. The van der Waals surface area contributed by atoms with Crippen molar-refractivity contribution in [2.45, 2.75) is 59.0 Å². The van der Waals surface area contributed by atoms with Crippen LogP contribution >= 0.6 is 0 Å². The summed E-state index contributed by atoms with van der Waals surface area (Å²) in [4.78, 5) is 60.8. The number of ether oxygens (including phenoxy) is 1. The van der Waals surface area contributed by atoms with Crippen molar-refractivity contribution in [3.8, 4) is 11.4 Å². The van der Waals surface area contributed by atoms with E-state index in [0.717, 1.165) is 23.7 Å². The first-order valence-corrected chi connectivity index (χ1v) is 14.1. The highest BCUT2D eigenvalue weighted by molar-refractivity contribution is 5.98. The summed E-state index contributed by atoms with van der Waals surface area (Å²) in [5, 5.41) is 13.1. The van der Waals surface area contributed by atoms with Gasteiger partial charge in [0.1, 0.15) is 18.1 Å². The second-order valence-corrected chi connectivity index (χ2v) is 11.0. The summed E-state index contributed by atoms with van der Waals surface area (Å²) < 4.78 is 11.5. The fourth-order valence-electron chi connectivity index (χ4n) is 4.42. The Kier molecular flexibility index (Phi) is 9.67. The third-order valence-corrected chi connectivity index (χ3v) is 7.11. The number of hydrogen-bond donors (Lipinski definition) is 2. The number of pyridine rings is 1. The molecule has 0 aliphatic carbocycles. The number of aryl methyl sites for hydroxylation is 1. The molecule has 4 aromatic rings. The summed E-state index contributed by atoms with van der Waals surface area (Å²) in [6, 6.07) is 11.6. The van der Waals surface area contributed by atoms with Crippen LogP contribution in [0.4, 0.5) is 10.5 Å². The van der Waals surface area contributed by atoms with Gasteiger partial charge in [-0.1, -0.05) is 57.2 Å². The molecule has 0 saturated carbocycles. The van der Waals surface area contributed by atoms with Crippen molar-refractivity contribution in [3.05, 3.63) is 88.3 Å². The zero-order valence-electron chi connectivity index (χ0n) is 25.5. The molecule has 1 aromatic carbocycles. The van der Waals surface area contributed by atoms with Gasteiger partial charge in [-0.25, -0.2) is 9.78 Å². The number of methoxy groups -OCH3 is 1. The van der Waals surface area contributed by atoms with Crippen LogP contribution in [0, 0.1) is 5.92 Å². The highest BCUT2D eigenvalue weighted by Gasteiger charge is 2.35. The van der Waals surface area contributed by atoms with Crippen LogP contribution in [0.25, 0.3) is 11.4 Å². The zero-order valence-corrected chi connectivity index (χ0v) is 25.5. The monoisotopic (exact) mass is 601 g/mol. The van der Waals surface area contributed by atoms with Crippen LogP contribution in [0.3, 0.4) is 0 Å². The largest absolute Gasteiger partial charge is 0.453 e. The van der Waals surface area contributed by atoms with Crippen molar-refractivity contribution in [1.82, 2.24) is 30.0 Å². The third kappa shape index (κ3) is 6.88. The van der Waals surface area contributed by atoms with Crippen molar-refractivity contribution in [2.24, 2.45) is 5.92 Å². The van der Waals surface area contributed by atoms with Gasteiger partial charge in [0.2, 0.25) is 17.6 Å². The van der Waals surface area contributed by atoms with Gasteiger partial charge in [-0.3, -0.25) is 29.3 Å². The number of amides is 2. The minimum Gasteiger partial charge on any atom is -0.453 e. The number of rotatable bonds is 11. The van der Waals surface area contributed by atoms with Gasteiger partial charge in [-0.05, 0) is 37.8 Å². The molecule has 0 radical (unpaired) electrons. The lowest BCUT2D eigenvalue weighted by atomic mass is 9.88. The number of nitrogens with zero attached hydrogens (tertiary/aromatic N) is 5. The van der Waals surface area contributed by atoms with E-state index in [0.29, 0.717) is 11.3 Å². The molecular formula is C31H35N7O6. The number of benzene rings is 1. The molecule has 0 unspecified atom stereocenters. The number of ketones is 1. The molecule has 4 rings (SSSR count). The lowest BCUT2D eigenvalue weighted by molar-refractivity contribution is -0.122. The Morgan fingerprint density at radius 3 is 2.36 bits per heavy atom. The molecule has 0 bridgehead atoms. The Hall–Kier alpha value is -5.20. The molecule has 0 saturated heterocycles. The Morgan fingerprint density at radius 2 is 1.75 bits per heavy atom. The van der Waals surface area contributed by atoms with Crippen LogP contribution in [0.1, 0.15) is 62.5 Å². The normalized spacial score (nSPS) is 12.1. The van der Waals surface area contributed by atoms with E-state index < -0.39 is 41.3 Å². The molecule has 0 aliphatic heterocycles. The van der Waals surface area contributed by atoms with E-state index >= 15 is 0 Å². The quantitative estimate of drug-likeness (QED) is 0.241. The fourth-order valence-corrected chi connectivity index (χ4v) is 4.42. The molecule has 230 valence electrons. The average molecular weight is 602 g/mol. The number of hydrogen-bond acceptors (Lipinski definition) is 10. The second kappa shape index (κ2) is 13.4. The molecule has 44 heavy (non-hydrogen) atoms. The number of anilines is 1. The maximum absolute atomic E-state index is 13.5. The van der Waals surface area contributed by atoms with Crippen LogP contribution in [0.2, 0.25) is 0 Å². The standard InChI is InChI=1S/C31H35N7O6/c1-7-19-13-14-22(32-15-19)31(4,5)29-37-36-27(44-29)25(40)24(18(2)3)35-23(39)17-38-26(20-11-9-8-10-12-20)33-16-21(28(38)41)34-30(42)43-6/h8-16,18,24H,7,17H2,1-6H3,(H,34,42)(H,35,39)/t24-/m1/s1. The van der Waals surface area contributed by atoms with Gasteiger partial charge in [0.15, 0.2) is 0 Å². The first-order chi connectivity index (χ1) is 21.0. The van der Waals surface area contributed by atoms with Crippen molar-refractivity contribution >= 4 is 23.5 Å². The lowest BCUT2D eigenvalue weighted by Crippen LogP contribution is -2.46.